The lowest BCUT2D eigenvalue weighted by molar-refractivity contribution is -0.130. The first-order valence-electron chi connectivity index (χ1n) is 6.26. The average molecular weight is 298 g/mol. The Morgan fingerprint density at radius 1 is 1.20 bits per heavy atom. The predicted octanol–water partition coefficient (Wildman–Crippen LogP) is 1.24. The molecule has 0 aromatic heterocycles. The number of benzene rings is 1. The summed E-state index contributed by atoms with van der Waals surface area (Å²) < 4.78 is 37.0. The number of nitrogens with one attached hydrogen (secondary N) is 1. The van der Waals surface area contributed by atoms with Crippen LogP contribution in [-0.2, 0) is 19.5 Å². The van der Waals surface area contributed by atoms with Crippen molar-refractivity contribution in [2.45, 2.75) is 25.0 Å². The highest BCUT2D eigenvalue weighted by Gasteiger charge is 2.17. The molecule has 1 N–H and O–H groups in total. The van der Waals surface area contributed by atoms with Crippen molar-refractivity contribution in [3.8, 4) is 6.07 Å². The van der Waals surface area contributed by atoms with E-state index >= 15 is 0 Å². The fourth-order valence-electron chi connectivity index (χ4n) is 1.51. The van der Waals surface area contributed by atoms with Gasteiger partial charge in [0, 0.05) is 13.2 Å². The van der Waals surface area contributed by atoms with Crippen molar-refractivity contribution in [3.05, 3.63) is 29.8 Å². The zero-order valence-corrected chi connectivity index (χ0v) is 12.3. The normalized spacial score (nSPS) is 11.5. The van der Waals surface area contributed by atoms with E-state index in [1.54, 1.807) is 13.8 Å². The molecule has 6 nitrogen and oxygen atoms in total. The van der Waals surface area contributed by atoms with Crippen LogP contribution in [0.1, 0.15) is 19.4 Å². The molecule has 0 heterocycles. The standard InChI is InChI=1S/C13H18N2O4S/c1-3-18-13(19-4-2)10-15-20(16,17)12-7-5-11(9-14)6-8-12/h5-8,13,15H,3-4,10H2,1-2H3. The molecule has 0 saturated carbocycles. The second kappa shape index (κ2) is 7.97. The molecule has 7 heteroatoms. The van der Waals surface area contributed by atoms with Crippen molar-refractivity contribution in [1.29, 1.82) is 5.26 Å². The summed E-state index contributed by atoms with van der Waals surface area (Å²) in [7, 11) is -3.64. The topological polar surface area (TPSA) is 88.4 Å². The molecule has 1 aromatic carbocycles. The van der Waals surface area contributed by atoms with Crippen molar-refractivity contribution >= 4 is 10.0 Å². The Morgan fingerprint density at radius 3 is 2.20 bits per heavy atom. The quantitative estimate of drug-likeness (QED) is 0.729. The molecule has 0 radical (unpaired) electrons. The summed E-state index contributed by atoms with van der Waals surface area (Å²) in [5, 5.41) is 8.68. The van der Waals surface area contributed by atoms with E-state index in [9.17, 15) is 8.42 Å². The minimum absolute atomic E-state index is 0.0318. The molecule has 0 amide bonds. The van der Waals surface area contributed by atoms with Crippen LogP contribution in [-0.4, -0.2) is 34.5 Å². The molecular formula is C13H18N2O4S. The SMILES string of the molecule is CCOC(CNS(=O)(=O)c1ccc(C#N)cc1)OCC. The zero-order valence-electron chi connectivity index (χ0n) is 11.5. The number of nitriles is 1. The van der Waals surface area contributed by atoms with Crippen LogP contribution in [0.3, 0.4) is 0 Å². The summed E-state index contributed by atoms with van der Waals surface area (Å²) >= 11 is 0. The number of nitrogens with zero attached hydrogens (tertiary/aromatic N) is 1. The number of hydrogen-bond acceptors (Lipinski definition) is 5. The first-order chi connectivity index (χ1) is 9.53. The van der Waals surface area contributed by atoms with Gasteiger partial charge in [0.2, 0.25) is 10.0 Å². The largest absolute Gasteiger partial charge is 0.352 e. The van der Waals surface area contributed by atoms with Crippen molar-refractivity contribution in [3.63, 3.8) is 0 Å². The van der Waals surface area contributed by atoms with E-state index in [2.05, 4.69) is 4.72 Å². The lowest BCUT2D eigenvalue weighted by Gasteiger charge is -2.17. The number of ether oxygens (including phenoxy) is 2. The number of sulfonamides is 1. The summed E-state index contributed by atoms with van der Waals surface area (Å²) in [6, 6.07) is 7.62. The fraction of sp³-hybridized carbons (Fsp3) is 0.462. The van der Waals surface area contributed by atoms with Crippen LogP contribution in [0.25, 0.3) is 0 Å². The first kappa shape index (κ1) is 16.6. The summed E-state index contributed by atoms with van der Waals surface area (Å²) in [4.78, 5) is 0.100. The summed E-state index contributed by atoms with van der Waals surface area (Å²) in [6.45, 7) is 4.51. The third-order valence-electron chi connectivity index (χ3n) is 2.44. The van der Waals surface area contributed by atoms with Gasteiger partial charge in [-0.15, -0.1) is 0 Å². The maximum atomic E-state index is 12.0. The molecule has 110 valence electrons. The molecule has 20 heavy (non-hydrogen) atoms. The van der Waals surface area contributed by atoms with Gasteiger partial charge < -0.3 is 9.47 Å². The average Bonchev–Trinajstić information content (AvgIpc) is 2.45. The van der Waals surface area contributed by atoms with Gasteiger partial charge in [-0.25, -0.2) is 13.1 Å². The molecule has 0 atom stereocenters. The van der Waals surface area contributed by atoms with Gasteiger partial charge in [0.15, 0.2) is 6.29 Å². The van der Waals surface area contributed by atoms with Gasteiger partial charge in [-0.1, -0.05) is 0 Å². The monoisotopic (exact) mass is 298 g/mol. The lowest BCUT2D eigenvalue weighted by Crippen LogP contribution is -2.35. The van der Waals surface area contributed by atoms with E-state index < -0.39 is 16.3 Å². The van der Waals surface area contributed by atoms with Gasteiger partial charge in [0.1, 0.15) is 0 Å². The summed E-state index contributed by atoms with van der Waals surface area (Å²) in [6.07, 6.45) is -0.613. The Hall–Kier alpha value is -1.46. The summed E-state index contributed by atoms with van der Waals surface area (Å²) in [5.41, 5.74) is 0.408. The van der Waals surface area contributed by atoms with Crippen LogP contribution in [0.2, 0.25) is 0 Å². The highest BCUT2D eigenvalue weighted by molar-refractivity contribution is 7.89. The molecule has 0 aliphatic carbocycles. The van der Waals surface area contributed by atoms with E-state index in [1.807, 2.05) is 6.07 Å². The minimum atomic E-state index is -3.64. The Labute approximate surface area is 119 Å². The van der Waals surface area contributed by atoms with E-state index in [4.69, 9.17) is 14.7 Å². The number of hydrogen-bond donors (Lipinski definition) is 1. The smallest absolute Gasteiger partial charge is 0.240 e. The third-order valence-corrected chi connectivity index (χ3v) is 3.88. The number of rotatable bonds is 8. The molecule has 0 bridgehead atoms. The van der Waals surface area contributed by atoms with Crippen molar-refractivity contribution in [2.75, 3.05) is 19.8 Å². The molecule has 1 rings (SSSR count). The molecular weight excluding hydrogens is 280 g/mol. The predicted molar refractivity (Wildman–Crippen MR) is 73.4 cm³/mol. The van der Waals surface area contributed by atoms with Crippen molar-refractivity contribution in [2.24, 2.45) is 0 Å². The van der Waals surface area contributed by atoms with Crippen LogP contribution in [0, 0.1) is 11.3 Å². The van der Waals surface area contributed by atoms with Crippen LogP contribution in [0.5, 0.6) is 0 Å². The van der Waals surface area contributed by atoms with E-state index in [1.165, 1.54) is 24.3 Å². The molecule has 0 unspecified atom stereocenters. The van der Waals surface area contributed by atoms with Crippen molar-refractivity contribution < 1.29 is 17.9 Å². The van der Waals surface area contributed by atoms with Crippen molar-refractivity contribution in [1.82, 2.24) is 4.72 Å². The third kappa shape index (κ3) is 4.90. The minimum Gasteiger partial charge on any atom is -0.352 e. The van der Waals surface area contributed by atoms with Crippen LogP contribution >= 0.6 is 0 Å². The van der Waals surface area contributed by atoms with E-state index in [0.29, 0.717) is 18.8 Å². The van der Waals surface area contributed by atoms with Crippen LogP contribution < -0.4 is 4.72 Å². The maximum absolute atomic E-state index is 12.0. The lowest BCUT2D eigenvalue weighted by atomic mass is 10.2. The molecule has 0 aliphatic rings. The van der Waals surface area contributed by atoms with Gasteiger partial charge in [-0.05, 0) is 38.1 Å². The molecule has 0 saturated heterocycles. The van der Waals surface area contributed by atoms with E-state index in [-0.39, 0.29) is 11.4 Å². The molecule has 0 fully saturated rings. The van der Waals surface area contributed by atoms with Crippen LogP contribution in [0.15, 0.2) is 29.2 Å². The summed E-state index contributed by atoms with van der Waals surface area (Å²) in [5.74, 6) is 0. The van der Waals surface area contributed by atoms with Gasteiger partial charge in [0.25, 0.3) is 0 Å². The molecule has 0 aliphatic heterocycles. The first-order valence-corrected chi connectivity index (χ1v) is 7.74. The van der Waals surface area contributed by atoms with E-state index in [0.717, 1.165) is 0 Å². The Kier molecular flexibility index (Phi) is 6.61. The molecule has 0 spiro atoms. The highest BCUT2D eigenvalue weighted by atomic mass is 32.2. The Balaban J connectivity index is 2.71. The Morgan fingerprint density at radius 2 is 1.75 bits per heavy atom. The zero-order chi connectivity index (χ0) is 15.0. The van der Waals surface area contributed by atoms with Gasteiger partial charge in [-0.2, -0.15) is 5.26 Å². The van der Waals surface area contributed by atoms with Gasteiger partial charge >= 0.3 is 0 Å². The fourth-order valence-corrected chi connectivity index (χ4v) is 2.52. The van der Waals surface area contributed by atoms with Gasteiger partial charge in [-0.3, -0.25) is 0 Å². The van der Waals surface area contributed by atoms with Gasteiger partial charge in [0.05, 0.1) is 23.1 Å². The second-order valence-electron chi connectivity index (χ2n) is 3.83. The second-order valence-corrected chi connectivity index (χ2v) is 5.60. The highest BCUT2D eigenvalue weighted by Crippen LogP contribution is 2.10. The van der Waals surface area contributed by atoms with Crippen LogP contribution in [0.4, 0.5) is 0 Å². The Bertz CT molecular complexity index is 543. The molecule has 1 aromatic rings. The maximum Gasteiger partial charge on any atom is 0.240 e.